The van der Waals surface area contributed by atoms with E-state index in [0.717, 1.165) is 30.4 Å². The maximum absolute atomic E-state index is 11.4. The molecular weight excluding hydrogens is 408 g/mol. The van der Waals surface area contributed by atoms with E-state index in [1.807, 2.05) is 6.92 Å². The molecule has 1 fully saturated rings. The number of rotatable bonds is 3. The molecule has 2 aliphatic carbocycles. The topological polar surface area (TPSA) is 99.4 Å². The maximum atomic E-state index is 11.4. The molecule has 4 N–H and O–H groups in total. The van der Waals surface area contributed by atoms with Gasteiger partial charge in [-0.1, -0.05) is 25.5 Å². The molecule has 5 unspecified atom stereocenters. The predicted octanol–water partition coefficient (Wildman–Crippen LogP) is 3.98. The number of phenolic OH excluding ortho intramolecular Hbond substituents is 1. The number of aliphatic hydroxyl groups excluding tert-OH is 3. The van der Waals surface area contributed by atoms with E-state index >= 15 is 0 Å². The smallest absolute Gasteiger partial charge is 0.229 e. The van der Waals surface area contributed by atoms with Crippen molar-refractivity contribution < 1.29 is 29.9 Å². The van der Waals surface area contributed by atoms with E-state index in [1.165, 1.54) is 16.7 Å². The van der Waals surface area contributed by atoms with Crippen LogP contribution in [0.2, 0.25) is 0 Å². The first-order chi connectivity index (χ1) is 15.0. The highest BCUT2D eigenvalue weighted by Gasteiger charge is 2.45. The highest BCUT2D eigenvalue weighted by Crippen LogP contribution is 2.58. The minimum absolute atomic E-state index is 0.118. The number of aliphatic hydroxyl groups is 3. The second kappa shape index (κ2) is 8.64. The molecule has 1 aromatic rings. The van der Waals surface area contributed by atoms with Crippen LogP contribution in [0.4, 0.5) is 0 Å². The molecule has 3 aliphatic rings. The number of aromatic hydroxyl groups is 1. The van der Waals surface area contributed by atoms with Crippen molar-refractivity contribution in [2.45, 2.75) is 109 Å². The third kappa shape index (κ3) is 3.75. The van der Waals surface area contributed by atoms with Gasteiger partial charge in [-0.15, -0.1) is 0 Å². The van der Waals surface area contributed by atoms with Gasteiger partial charge in [0.05, 0.1) is 6.10 Å². The van der Waals surface area contributed by atoms with Crippen molar-refractivity contribution in [2.75, 3.05) is 0 Å². The number of benzene rings is 1. The van der Waals surface area contributed by atoms with Crippen LogP contribution < -0.4 is 4.74 Å². The Kier molecular flexibility index (Phi) is 6.36. The molecule has 1 aromatic carbocycles. The van der Waals surface area contributed by atoms with Gasteiger partial charge < -0.3 is 29.9 Å². The van der Waals surface area contributed by atoms with Crippen molar-refractivity contribution in [1.29, 1.82) is 0 Å². The second-order valence-electron chi connectivity index (χ2n) is 10.5. The van der Waals surface area contributed by atoms with Gasteiger partial charge in [0.1, 0.15) is 18.3 Å². The van der Waals surface area contributed by atoms with Gasteiger partial charge in [0.2, 0.25) is 6.29 Å². The Hall–Kier alpha value is -1.60. The standard InChI is InChI=1S/C26H38O6/c1-11(2)9-16-10-13(4)17-8-7-12(3)18-20(17)19(16)14(5)25(22(18)28)32-26-24(30)23(29)21(27)15(6)31-26/h9,12-13,15-17,21,23-24,26-30H,7-8,10H2,1-6H3/t12-,13-,15?,16+,17+,21?,23?,24?,26?/m0/s1. The zero-order valence-electron chi connectivity index (χ0n) is 20.0. The van der Waals surface area contributed by atoms with Gasteiger partial charge in [0, 0.05) is 11.5 Å². The van der Waals surface area contributed by atoms with E-state index in [4.69, 9.17) is 9.47 Å². The van der Waals surface area contributed by atoms with Gasteiger partial charge in [0.25, 0.3) is 0 Å². The van der Waals surface area contributed by atoms with Crippen LogP contribution in [0.1, 0.15) is 93.9 Å². The lowest BCUT2D eigenvalue weighted by atomic mass is 9.62. The molecule has 1 saturated heterocycles. The molecule has 0 aromatic heterocycles. The number of hydrogen-bond acceptors (Lipinski definition) is 6. The lowest BCUT2D eigenvalue weighted by Gasteiger charge is -2.44. The van der Waals surface area contributed by atoms with Crippen molar-refractivity contribution in [3.05, 3.63) is 33.9 Å². The Morgan fingerprint density at radius 3 is 2.31 bits per heavy atom. The van der Waals surface area contributed by atoms with Crippen molar-refractivity contribution >= 4 is 0 Å². The van der Waals surface area contributed by atoms with Crippen LogP contribution in [0.5, 0.6) is 11.5 Å². The summed E-state index contributed by atoms with van der Waals surface area (Å²) >= 11 is 0. The Labute approximate surface area is 190 Å². The third-order valence-electron chi connectivity index (χ3n) is 7.83. The highest BCUT2D eigenvalue weighted by atomic mass is 16.7. The van der Waals surface area contributed by atoms with E-state index in [2.05, 4.69) is 33.8 Å². The monoisotopic (exact) mass is 446 g/mol. The molecule has 178 valence electrons. The molecule has 32 heavy (non-hydrogen) atoms. The summed E-state index contributed by atoms with van der Waals surface area (Å²) in [6, 6.07) is 0. The third-order valence-corrected chi connectivity index (χ3v) is 7.83. The molecule has 1 aliphatic heterocycles. The first-order valence-electron chi connectivity index (χ1n) is 11.9. The molecule has 9 atom stereocenters. The fourth-order valence-electron chi connectivity index (χ4n) is 6.17. The highest BCUT2D eigenvalue weighted by molar-refractivity contribution is 5.64. The van der Waals surface area contributed by atoms with Crippen LogP contribution in [-0.4, -0.2) is 51.1 Å². The fourth-order valence-corrected chi connectivity index (χ4v) is 6.17. The van der Waals surface area contributed by atoms with E-state index in [1.54, 1.807) is 6.92 Å². The molecule has 0 bridgehead atoms. The predicted molar refractivity (Wildman–Crippen MR) is 122 cm³/mol. The van der Waals surface area contributed by atoms with Crippen LogP contribution in [0.15, 0.2) is 11.6 Å². The summed E-state index contributed by atoms with van der Waals surface area (Å²) in [5.74, 6) is 1.81. The van der Waals surface area contributed by atoms with Crippen molar-refractivity contribution in [2.24, 2.45) is 5.92 Å². The number of ether oxygens (including phenoxy) is 2. The SMILES string of the molecule is CC(C)=C[C@@H]1C[C@H](C)[C@H]2CC[C@H](C)c3c(O)c(OC4OC(C)C(O)C(O)C4O)c(C)c1c32. The Bertz CT molecular complexity index is 904. The zero-order chi connectivity index (χ0) is 23.5. The first-order valence-corrected chi connectivity index (χ1v) is 11.9. The molecular formula is C26H38O6. The summed E-state index contributed by atoms with van der Waals surface area (Å²) in [6.45, 7) is 12.3. The number of hydrogen-bond donors (Lipinski definition) is 4. The molecule has 0 radical (unpaired) electrons. The van der Waals surface area contributed by atoms with Crippen LogP contribution in [0, 0.1) is 12.8 Å². The van der Waals surface area contributed by atoms with E-state index in [0.29, 0.717) is 17.6 Å². The Morgan fingerprint density at radius 1 is 0.969 bits per heavy atom. The lowest BCUT2D eigenvalue weighted by molar-refractivity contribution is -0.268. The van der Waals surface area contributed by atoms with Crippen molar-refractivity contribution in [3.8, 4) is 11.5 Å². The summed E-state index contributed by atoms with van der Waals surface area (Å²) in [6.07, 6.45) is -0.415. The van der Waals surface area contributed by atoms with Crippen molar-refractivity contribution in [1.82, 2.24) is 0 Å². The summed E-state index contributed by atoms with van der Waals surface area (Å²) < 4.78 is 11.8. The van der Waals surface area contributed by atoms with Crippen LogP contribution >= 0.6 is 0 Å². The summed E-state index contributed by atoms with van der Waals surface area (Å²) in [5.41, 5.74) is 5.57. The van der Waals surface area contributed by atoms with E-state index in [-0.39, 0.29) is 17.6 Å². The van der Waals surface area contributed by atoms with Gasteiger partial charge >= 0.3 is 0 Å². The number of phenols is 1. The molecule has 1 heterocycles. The van der Waals surface area contributed by atoms with E-state index < -0.39 is 30.7 Å². The van der Waals surface area contributed by atoms with Crippen LogP contribution in [-0.2, 0) is 4.74 Å². The molecule has 0 saturated carbocycles. The number of allylic oxidation sites excluding steroid dienone is 2. The summed E-state index contributed by atoms with van der Waals surface area (Å²) in [7, 11) is 0. The minimum atomic E-state index is -1.42. The molecule has 0 amide bonds. The average Bonchev–Trinajstić information content (AvgIpc) is 2.72. The zero-order valence-corrected chi connectivity index (χ0v) is 20.0. The first kappa shape index (κ1) is 23.6. The summed E-state index contributed by atoms with van der Waals surface area (Å²) in [4.78, 5) is 0. The maximum Gasteiger partial charge on any atom is 0.229 e. The second-order valence-corrected chi connectivity index (χ2v) is 10.5. The van der Waals surface area contributed by atoms with Crippen molar-refractivity contribution in [3.63, 3.8) is 0 Å². The minimum Gasteiger partial charge on any atom is -0.504 e. The Morgan fingerprint density at radius 2 is 1.66 bits per heavy atom. The fraction of sp³-hybridized carbons (Fsp3) is 0.692. The molecule has 0 spiro atoms. The van der Waals surface area contributed by atoms with Gasteiger partial charge in [-0.05, 0) is 81.4 Å². The Balaban J connectivity index is 1.85. The van der Waals surface area contributed by atoms with Crippen LogP contribution in [0.25, 0.3) is 0 Å². The molecule has 4 rings (SSSR count). The molecule has 6 nitrogen and oxygen atoms in total. The van der Waals surface area contributed by atoms with Gasteiger partial charge in [0.15, 0.2) is 11.5 Å². The molecule has 6 heteroatoms. The summed E-state index contributed by atoms with van der Waals surface area (Å²) in [5, 5.41) is 42.1. The van der Waals surface area contributed by atoms with E-state index in [9.17, 15) is 20.4 Å². The van der Waals surface area contributed by atoms with Gasteiger partial charge in [-0.3, -0.25) is 0 Å². The lowest BCUT2D eigenvalue weighted by Crippen LogP contribution is -2.58. The van der Waals surface area contributed by atoms with Gasteiger partial charge in [-0.25, -0.2) is 0 Å². The normalized spacial score (nSPS) is 38.7. The average molecular weight is 447 g/mol. The van der Waals surface area contributed by atoms with Crippen LogP contribution in [0.3, 0.4) is 0 Å². The largest absolute Gasteiger partial charge is 0.504 e. The van der Waals surface area contributed by atoms with Gasteiger partial charge in [-0.2, -0.15) is 0 Å². The quantitative estimate of drug-likeness (QED) is 0.524.